The first-order valence-corrected chi connectivity index (χ1v) is 3.67. The number of rotatable bonds is 3. The standard InChI is InChI=1S/C9H9NO3/c1-7(9(12)13)6-10-4-2-8(11)3-5-10/h2-5H,1,6H2,(H,12,13). The minimum Gasteiger partial charge on any atom is -0.478 e. The molecule has 1 N–H and O–H groups in total. The van der Waals surface area contributed by atoms with E-state index in [0.29, 0.717) is 0 Å². The number of aromatic nitrogens is 1. The van der Waals surface area contributed by atoms with Crippen molar-refractivity contribution in [3.8, 4) is 0 Å². The van der Waals surface area contributed by atoms with Crippen LogP contribution in [-0.4, -0.2) is 15.6 Å². The number of hydrogen-bond donors (Lipinski definition) is 1. The molecule has 0 aromatic carbocycles. The van der Waals surface area contributed by atoms with Crippen molar-refractivity contribution >= 4 is 5.97 Å². The summed E-state index contributed by atoms with van der Waals surface area (Å²) in [6.45, 7) is 3.56. The van der Waals surface area contributed by atoms with Gasteiger partial charge in [0.2, 0.25) is 0 Å². The molecule has 0 unspecified atom stereocenters. The second-order valence-corrected chi connectivity index (χ2v) is 2.61. The minimum absolute atomic E-state index is 0.0867. The van der Waals surface area contributed by atoms with Gasteiger partial charge in [0, 0.05) is 30.1 Å². The molecule has 0 amide bonds. The summed E-state index contributed by atoms with van der Waals surface area (Å²) in [5.74, 6) is -1.03. The van der Waals surface area contributed by atoms with Crippen LogP contribution in [0.5, 0.6) is 0 Å². The van der Waals surface area contributed by atoms with Crippen molar-refractivity contribution in [1.29, 1.82) is 0 Å². The van der Waals surface area contributed by atoms with Gasteiger partial charge in [-0.3, -0.25) is 4.79 Å². The Labute approximate surface area is 74.7 Å². The fourth-order valence-corrected chi connectivity index (χ4v) is 0.837. The number of hydrogen-bond acceptors (Lipinski definition) is 2. The Hall–Kier alpha value is -1.84. The summed E-state index contributed by atoms with van der Waals surface area (Å²) in [6, 6.07) is 2.74. The summed E-state index contributed by atoms with van der Waals surface area (Å²) in [4.78, 5) is 21.1. The number of carbonyl (C=O) groups is 1. The van der Waals surface area contributed by atoms with Crippen LogP contribution in [-0.2, 0) is 11.3 Å². The third-order valence-electron chi connectivity index (χ3n) is 1.54. The lowest BCUT2D eigenvalue weighted by molar-refractivity contribution is -0.132. The van der Waals surface area contributed by atoms with Crippen molar-refractivity contribution in [2.45, 2.75) is 6.54 Å². The summed E-state index contributed by atoms with van der Waals surface area (Å²) in [7, 11) is 0. The Morgan fingerprint density at radius 2 is 2.00 bits per heavy atom. The average molecular weight is 179 g/mol. The van der Waals surface area contributed by atoms with E-state index >= 15 is 0 Å². The number of aliphatic carboxylic acids is 1. The Morgan fingerprint density at radius 1 is 1.46 bits per heavy atom. The molecule has 0 aliphatic carbocycles. The topological polar surface area (TPSA) is 59.3 Å². The maximum atomic E-state index is 10.7. The molecule has 0 radical (unpaired) electrons. The molecule has 0 spiro atoms. The first kappa shape index (κ1) is 9.25. The number of nitrogens with zero attached hydrogens (tertiary/aromatic N) is 1. The molecule has 0 saturated heterocycles. The van der Waals surface area contributed by atoms with E-state index in [1.165, 1.54) is 24.5 Å². The Kier molecular flexibility index (Phi) is 2.64. The van der Waals surface area contributed by atoms with E-state index in [4.69, 9.17) is 5.11 Å². The van der Waals surface area contributed by atoms with Gasteiger partial charge in [-0.1, -0.05) is 6.58 Å². The van der Waals surface area contributed by atoms with E-state index in [1.807, 2.05) is 0 Å². The largest absolute Gasteiger partial charge is 0.478 e. The van der Waals surface area contributed by atoms with Crippen LogP contribution in [0.2, 0.25) is 0 Å². The number of pyridine rings is 1. The van der Waals surface area contributed by atoms with Crippen LogP contribution < -0.4 is 5.43 Å². The van der Waals surface area contributed by atoms with Gasteiger partial charge in [0.1, 0.15) is 0 Å². The fourth-order valence-electron chi connectivity index (χ4n) is 0.837. The highest BCUT2D eigenvalue weighted by Gasteiger charge is 2.02. The summed E-state index contributed by atoms with van der Waals surface area (Å²) < 4.78 is 1.58. The van der Waals surface area contributed by atoms with Gasteiger partial charge in [0.15, 0.2) is 5.43 Å². The molecule has 0 aliphatic rings. The van der Waals surface area contributed by atoms with Gasteiger partial charge in [-0.15, -0.1) is 0 Å². The van der Waals surface area contributed by atoms with Crippen LogP contribution in [0.25, 0.3) is 0 Å². The predicted octanol–water partition coefficient (Wildman–Crippen LogP) is 0.489. The van der Waals surface area contributed by atoms with E-state index in [1.54, 1.807) is 4.57 Å². The molecule has 1 aromatic rings. The normalized spacial score (nSPS) is 9.54. The summed E-state index contributed by atoms with van der Waals surface area (Å²) in [5, 5.41) is 8.52. The van der Waals surface area contributed by atoms with Crippen LogP contribution in [0.1, 0.15) is 0 Å². The lowest BCUT2D eigenvalue weighted by atomic mass is 10.3. The average Bonchev–Trinajstić information content (AvgIpc) is 2.08. The van der Waals surface area contributed by atoms with Gasteiger partial charge in [0.05, 0.1) is 6.54 Å². The zero-order chi connectivity index (χ0) is 9.84. The minimum atomic E-state index is -1.03. The molecular formula is C9H9NO3. The van der Waals surface area contributed by atoms with Gasteiger partial charge < -0.3 is 9.67 Å². The van der Waals surface area contributed by atoms with Gasteiger partial charge >= 0.3 is 5.97 Å². The molecule has 0 fully saturated rings. The molecule has 4 nitrogen and oxygen atoms in total. The quantitative estimate of drug-likeness (QED) is 0.687. The van der Waals surface area contributed by atoms with E-state index in [0.717, 1.165) is 0 Å². The maximum absolute atomic E-state index is 10.7. The van der Waals surface area contributed by atoms with Gasteiger partial charge in [0.25, 0.3) is 0 Å². The molecule has 4 heteroatoms. The second kappa shape index (κ2) is 3.71. The third kappa shape index (κ3) is 2.59. The first-order chi connectivity index (χ1) is 6.09. The number of carboxylic acid groups (broad SMARTS) is 1. The highest BCUT2D eigenvalue weighted by Crippen LogP contribution is 1.95. The zero-order valence-corrected chi connectivity index (χ0v) is 6.93. The first-order valence-electron chi connectivity index (χ1n) is 3.67. The Morgan fingerprint density at radius 3 is 2.46 bits per heavy atom. The molecule has 13 heavy (non-hydrogen) atoms. The summed E-state index contributed by atoms with van der Waals surface area (Å²) in [5.41, 5.74) is -0.0131. The second-order valence-electron chi connectivity index (χ2n) is 2.61. The van der Waals surface area contributed by atoms with E-state index in [-0.39, 0.29) is 17.5 Å². The Bertz CT molecular complexity index is 372. The highest BCUT2D eigenvalue weighted by atomic mass is 16.4. The highest BCUT2D eigenvalue weighted by molar-refractivity contribution is 5.85. The summed E-state index contributed by atoms with van der Waals surface area (Å²) >= 11 is 0. The van der Waals surface area contributed by atoms with Gasteiger partial charge in [-0.05, 0) is 0 Å². The molecule has 0 bridgehead atoms. The molecule has 0 saturated carbocycles. The van der Waals surface area contributed by atoms with Crippen LogP contribution in [0.4, 0.5) is 0 Å². The van der Waals surface area contributed by atoms with Crippen LogP contribution in [0, 0.1) is 0 Å². The predicted molar refractivity (Wildman–Crippen MR) is 47.5 cm³/mol. The van der Waals surface area contributed by atoms with Crippen molar-refractivity contribution in [3.63, 3.8) is 0 Å². The van der Waals surface area contributed by atoms with Gasteiger partial charge in [-0.2, -0.15) is 0 Å². The smallest absolute Gasteiger partial charge is 0.332 e. The molecule has 0 atom stereocenters. The lowest BCUT2D eigenvalue weighted by Gasteiger charge is -2.03. The molecular weight excluding hydrogens is 170 g/mol. The fraction of sp³-hybridized carbons (Fsp3) is 0.111. The zero-order valence-electron chi connectivity index (χ0n) is 6.93. The van der Waals surface area contributed by atoms with Crippen LogP contribution in [0.15, 0.2) is 41.5 Å². The van der Waals surface area contributed by atoms with Crippen LogP contribution >= 0.6 is 0 Å². The lowest BCUT2D eigenvalue weighted by Crippen LogP contribution is -2.09. The molecule has 1 heterocycles. The van der Waals surface area contributed by atoms with Crippen molar-refractivity contribution in [1.82, 2.24) is 4.57 Å². The molecule has 68 valence electrons. The van der Waals surface area contributed by atoms with Crippen molar-refractivity contribution in [3.05, 3.63) is 46.9 Å². The summed E-state index contributed by atoms with van der Waals surface area (Å²) in [6.07, 6.45) is 3.05. The van der Waals surface area contributed by atoms with E-state index < -0.39 is 5.97 Å². The van der Waals surface area contributed by atoms with Crippen molar-refractivity contribution < 1.29 is 9.90 Å². The van der Waals surface area contributed by atoms with Crippen molar-refractivity contribution in [2.75, 3.05) is 0 Å². The maximum Gasteiger partial charge on any atom is 0.332 e. The third-order valence-corrected chi connectivity index (χ3v) is 1.54. The van der Waals surface area contributed by atoms with E-state index in [9.17, 15) is 9.59 Å². The molecule has 1 aromatic heterocycles. The van der Waals surface area contributed by atoms with E-state index in [2.05, 4.69) is 6.58 Å². The molecule has 1 rings (SSSR count). The number of carboxylic acids is 1. The van der Waals surface area contributed by atoms with Crippen LogP contribution in [0.3, 0.4) is 0 Å². The Balaban J connectivity index is 2.76. The SMILES string of the molecule is C=C(Cn1ccc(=O)cc1)C(=O)O. The van der Waals surface area contributed by atoms with Crippen molar-refractivity contribution in [2.24, 2.45) is 0 Å². The monoisotopic (exact) mass is 179 g/mol. The molecule has 0 aliphatic heterocycles. The van der Waals surface area contributed by atoms with Gasteiger partial charge in [-0.25, -0.2) is 4.79 Å².